The average Bonchev–Trinajstić information content (AvgIpc) is 3.05. The maximum absolute atomic E-state index is 12.7. The molecule has 0 atom stereocenters. The van der Waals surface area contributed by atoms with Crippen LogP contribution in [0.2, 0.25) is 0 Å². The Morgan fingerprint density at radius 3 is 2.67 bits per heavy atom. The Bertz CT molecular complexity index is 763. The van der Waals surface area contributed by atoms with Gasteiger partial charge in [-0.25, -0.2) is 4.79 Å². The Balaban J connectivity index is 1.72. The minimum absolute atomic E-state index is 0.307. The number of benzene rings is 1. The molecular weight excluding hydrogens is 342 g/mol. The van der Waals surface area contributed by atoms with E-state index in [-0.39, 0.29) is 6.09 Å². The van der Waals surface area contributed by atoms with Gasteiger partial charge in [0.05, 0.1) is 12.6 Å². The van der Waals surface area contributed by atoms with E-state index in [0.29, 0.717) is 6.61 Å². The standard InChI is InChI=1S/C21H31N3O3/c1-22(2)12-9-17-16-24(20-8-7-18(26-3)15-19(17)20)21(25)27-14-13-23-10-5-4-6-11-23/h7-8,15-16H,4-6,9-14H2,1-3H3. The predicted molar refractivity (Wildman–Crippen MR) is 108 cm³/mol. The Hall–Kier alpha value is -2.05. The number of hydrogen-bond acceptors (Lipinski definition) is 5. The monoisotopic (exact) mass is 373 g/mol. The molecular formula is C21H31N3O3. The number of carbonyl (C=O) groups is 1. The third-order valence-electron chi connectivity index (χ3n) is 5.20. The van der Waals surface area contributed by atoms with E-state index < -0.39 is 0 Å². The molecule has 0 spiro atoms. The van der Waals surface area contributed by atoms with Gasteiger partial charge in [0.25, 0.3) is 0 Å². The van der Waals surface area contributed by atoms with E-state index in [9.17, 15) is 4.79 Å². The number of nitrogens with zero attached hydrogens (tertiary/aromatic N) is 3. The Morgan fingerprint density at radius 1 is 1.19 bits per heavy atom. The van der Waals surface area contributed by atoms with Crippen molar-refractivity contribution in [3.05, 3.63) is 30.0 Å². The molecule has 0 aliphatic carbocycles. The van der Waals surface area contributed by atoms with Gasteiger partial charge in [0.2, 0.25) is 0 Å². The Morgan fingerprint density at radius 2 is 1.96 bits per heavy atom. The van der Waals surface area contributed by atoms with E-state index in [1.54, 1.807) is 11.7 Å². The molecule has 0 amide bonds. The maximum atomic E-state index is 12.7. The lowest BCUT2D eigenvalue weighted by Crippen LogP contribution is -2.33. The molecule has 6 nitrogen and oxygen atoms in total. The molecule has 0 saturated carbocycles. The second-order valence-corrected chi connectivity index (χ2v) is 7.48. The molecule has 0 N–H and O–H groups in total. The fourth-order valence-electron chi connectivity index (χ4n) is 3.61. The van der Waals surface area contributed by atoms with Crippen molar-refractivity contribution in [3.63, 3.8) is 0 Å². The number of aromatic nitrogens is 1. The molecule has 2 heterocycles. The van der Waals surface area contributed by atoms with Gasteiger partial charge in [-0.3, -0.25) is 9.47 Å². The number of likely N-dealkylation sites (tertiary alicyclic amines) is 1. The van der Waals surface area contributed by atoms with Gasteiger partial charge < -0.3 is 14.4 Å². The van der Waals surface area contributed by atoms with Crippen LogP contribution in [0.4, 0.5) is 4.79 Å². The van der Waals surface area contributed by atoms with Gasteiger partial charge in [-0.2, -0.15) is 0 Å². The summed E-state index contributed by atoms with van der Waals surface area (Å²) in [5.41, 5.74) is 2.00. The molecule has 1 fully saturated rings. The van der Waals surface area contributed by atoms with Crippen molar-refractivity contribution in [2.75, 3.05) is 54.0 Å². The molecule has 1 aliphatic rings. The molecule has 27 heavy (non-hydrogen) atoms. The number of likely N-dealkylation sites (N-methyl/N-ethyl adjacent to an activating group) is 1. The minimum atomic E-state index is -0.307. The van der Waals surface area contributed by atoms with Crippen molar-refractivity contribution >= 4 is 17.0 Å². The zero-order valence-corrected chi connectivity index (χ0v) is 16.7. The van der Waals surface area contributed by atoms with Crippen LogP contribution in [-0.2, 0) is 11.2 Å². The molecule has 2 aromatic rings. The molecule has 0 radical (unpaired) electrons. The van der Waals surface area contributed by atoms with E-state index in [2.05, 4.69) is 23.9 Å². The first kappa shape index (κ1) is 19.7. The number of hydrogen-bond donors (Lipinski definition) is 0. The molecule has 1 saturated heterocycles. The van der Waals surface area contributed by atoms with Crippen LogP contribution in [0.25, 0.3) is 10.9 Å². The largest absolute Gasteiger partial charge is 0.497 e. The van der Waals surface area contributed by atoms with Crippen LogP contribution < -0.4 is 4.74 Å². The van der Waals surface area contributed by atoms with Crippen LogP contribution in [0.1, 0.15) is 24.8 Å². The molecule has 148 valence electrons. The zero-order valence-electron chi connectivity index (χ0n) is 16.7. The highest BCUT2D eigenvalue weighted by molar-refractivity contribution is 5.92. The highest BCUT2D eigenvalue weighted by Gasteiger charge is 2.16. The number of fused-ring (bicyclic) bond motifs is 1. The average molecular weight is 373 g/mol. The summed E-state index contributed by atoms with van der Waals surface area (Å²) in [5.74, 6) is 0.796. The quantitative estimate of drug-likeness (QED) is 0.746. The molecule has 1 aromatic heterocycles. The minimum Gasteiger partial charge on any atom is -0.497 e. The summed E-state index contributed by atoms with van der Waals surface area (Å²) in [6, 6.07) is 5.81. The molecule has 0 unspecified atom stereocenters. The zero-order chi connectivity index (χ0) is 19.2. The Kier molecular flexibility index (Phi) is 6.74. The number of rotatable bonds is 7. The first-order valence-electron chi connectivity index (χ1n) is 9.80. The smallest absolute Gasteiger partial charge is 0.418 e. The second kappa shape index (κ2) is 9.24. The van der Waals surface area contributed by atoms with Crippen molar-refractivity contribution in [3.8, 4) is 5.75 Å². The van der Waals surface area contributed by atoms with E-state index in [4.69, 9.17) is 9.47 Å². The van der Waals surface area contributed by atoms with Crippen LogP contribution in [0.3, 0.4) is 0 Å². The molecule has 6 heteroatoms. The number of ether oxygens (including phenoxy) is 2. The highest BCUT2D eigenvalue weighted by atomic mass is 16.5. The Labute approximate surface area is 161 Å². The van der Waals surface area contributed by atoms with Crippen molar-refractivity contribution < 1.29 is 14.3 Å². The summed E-state index contributed by atoms with van der Waals surface area (Å²) in [6.07, 6.45) is 6.27. The first-order valence-corrected chi connectivity index (χ1v) is 9.80. The SMILES string of the molecule is COc1ccc2c(c1)c(CCN(C)C)cn2C(=O)OCCN1CCCCC1. The van der Waals surface area contributed by atoms with E-state index in [1.165, 1.54) is 19.3 Å². The fourth-order valence-corrected chi connectivity index (χ4v) is 3.61. The van der Waals surface area contributed by atoms with Crippen LogP contribution >= 0.6 is 0 Å². The van der Waals surface area contributed by atoms with E-state index in [0.717, 1.165) is 54.8 Å². The van der Waals surface area contributed by atoms with Crippen LogP contribution in [0.15, 0.2) is 24.4 Å². The summed E-state index contributed by atoms with van der Waals surface area (Å²) in [6.45, 7) is 4.38. The van der Waals surface area contributed by atoms with Gasteiger partial charge in [0.1, 0.15) is 12.4 Å². The van der Waals surface area contributed by atoms with Gasteiger partial charge in [0.15, 0.2) is 0 Å². The van der Waals surface area contributed by atoms with Gasteiger partial charge in [-0.1, -0.05) is 6.42 Å². The van der Waals surface area contributed by atoms with Crippen molar-refractivity contribution in [1.29, 1.82) is 0 Å². The maximum Gasteiger partial charge on any atom is 0.418 e. The van der Waals surface area contributed by atoms with E-state index in [1.807, 2.05) is 24.4 Å². The molecule has 1 aliphatic heterocycles. The third kappa shape index (κ3) is 5.02. The fraction of sp³-hybridized carbons (Fsp3) is 0.571. The lowest BCUT2D eigenvalue weighted by Gasteiger charge is -2.25. The van der Waals surface area contributed by atoms with Crippen LogP contribution in [0, 0.1) is 0 Å². The third-order valence-corrected chi connectivity index (χ3v) is 5.20. The lowest BCUT2D eigenvalue weighted by atomic mass is 10.1. The molecule has 3 rings (SSSR count). The highest BCUT2D eigenvalue weighted by Crippen LogP contribution is 2.27. The van der Waals surface area contributed by atoms with E-state index >= 15 is 0 Å². The summed E-state index contributed by atoms with van der Waals surface area (Å²) in [7, 11) is 5.76. The summed E-state index contributed by atoms with van der Waals surface area (Å²) < 4.78 is 12.6. The van der Waals surface area contributed by atoms with Gasteiger partial charge in [0, 0.05) is 24.7 Å². The number of carbonyl (C=O) groups excluding carboxylic acids is 1. The van der Waals surface area contributed by atoms with Crippen LogP contribution in [-0.4, -0.2) is 74.5 Å². The van der Waals surface area contributed by atoms with Crippen molar-refractivity contribution in [2.24, 2.45) is 0 Å². The first-order chi connectivity index (χ1) is 13.1. The number of piperidine rings is 1. The van der Waals surface area contributed by atoms with Crippen molar-refractivity contribution in [1.82, 2.24) is 14.4 Å². The van der Waals surface area contributed by atoms with Gasteiger partial charge in [-0.15, -0.1) is 0 Å². The van der Waals surface area contributed by atoms with Gasteiger partial charge >= 0.3 is 6.09 Å². The van der Waals surface area contributed by atoms with Crippen LogP contribution in [0.5, 0.6) is 5.75 Å². The van der Waals surface area contributed by atoms with Crippen molar-refractivity contribution in [2.45, 2.75) is 25.7 Å². The predicted octanol–water partition coefficient (Wildman–Crippen LogP) is 3.22. The second-order valence-electron chi connectivity index (χ2n) is 7.48. The topological polar surface area (TPSA) is 46.9 Å². The summed E-state index contributed by atoms with van der Waals surface area (Å²) >= 11 is 0. The molecule has 0 bridgehead atoms. The number of methoxy groups -OCH3 is 1. The lowest BCUT2D eigenvalue weighted by molar-refractivity contribution is 0.122. The normalized spacial score (nSPS) is 15.4. The molecule has 1 aromatic carbocycles. The van der Waals surface area contributed by atoms with Gasteiger partial charge in [-0.05, 0) is 70.2 Å². The summed E-state index contributed by atoms with van der Waals surface area (Å²) in [5, 5.41) is 1.05. The summed E-state index contributed by atoms with van der Waals surface area (Å²) in [4.78, 5) is 17.2.